The number of β-lactam (4-membered cyclic amide) rings is 1. The van der Waals surface area contributed by atoms with Crippen molar-refractivity contribution in [2.75, 3.05) is 25.2 Å². The minimum Gasteiger partial charge on any atom is -0.497 e. The lowest BCUT2D eigenvalue weighted by Gasteiger charge is -2.48. The minimum atomic E-state index is -1.86. The fourth-order valence-corrected chi connectivity index (χ4v) is 6.25. The molecular formula is C38H48FN3O11. The van der Waals surface area contributed by atoms with Crippen LogP contribution in [0.2, 0.25) is 0 Å². The monoisotopic (exact) mass is 741 g/mol. The van der Waals surface area contributed by atoms with Crippen molar-refractivity contribution in [2.45, 2.75) is 81.3 Å². The Balaban J connectivity index is 1.31. The summed E-state index contributed by atoms with van der Waals surface area (Å²) < 4.78 is 18.7. The number of rotatable bonds is 19. The quantitative estimate of drug-likeness (QED) is 0.0779. The van der Waals surface area contributed by atoms with Crippen molar-refractivity contribution < 1.29 is 59.3 Å². The highest BCUT2D eigenvalue weighted by Crippen LogP contribution is 2.46. The van der Waals surface area contributed by atoms with Gasteiger partial charge in [0.1, 0.15) is 29.9 Å². The maximum absolute atomic E-state index is 13.5. The van der Waals surface area contributed by atoms with Gasteiger partial charge in [-0.1, -0.05) is 36.4 Å². The average molecular weight is 742 g/mol. The van der Waals surface area contributed by atoms with Crippen LogP contribution in [0.5, 0.6) is 5.75 Å². The number of carbonyl (C=O) groups is 3. The highest BCUT2D eigenvalue weighted by atomic mass is 19.1. The van der Waals surface area contributed by atoms with Crippen LogP contribution < -0.4 is 20.3 Å². The number of carbonyl (C=O) groups excluding carboxylic acids is 3. The third kappa shape index (κ3) is 11.0. The van der Waals surface area contributed by atoms with Crippen LogP contribution in [0.1, 0.15) is 61.4 Å². The number of nitrogens with one attached hydrogen (secondary N) is 2. The molecule has 3 amide bonds. The van der Waals surface area contributed by atoms with E-state index in [-0.39, 0.29) is 18.5 Å². The van der Waals surface area contributed by atoms with Gasteiger partial charge in [0, 0.05) is 18.8 Å². The molecule has 1 saturated heterocycles. The van der Waals surface area contributed by atoms with E-state index in [1.807, 2.05) is 24.3 Å². The number of halogens is 1. The molecule has 3 aromatic carbocycles. The Hall–Kier alpha value is -4.48. The van der Waals surface area contributed by atoms with Gasteiger partial charge in [-0.05, 0) is 72.9 Å². The Kier molecular flexibility index (Phi) is 14.4. The van der Waals surface area contributed by atoms with Crippen molar-refractivity contribution in [3.05, 3.63) is 95.3 Å². The first kappa shape index (κ1) is 41.3. The molecule has 14 nitrogen and oxygen atoms in total. The summed E-state index contributed by atoms with van der Waals surface area (Å²) in [7, 11) is 1.56. The molecule has 53 heavy (non-hydrogen) atoms. The van der Waals surface area contributed by atoms with Crippen LogP contribution in [0.3, 0.4) is 0 Å². The normalized spacial score (nSPS) is 19.6. The van der Waals surface area contributed by atoms with Crippen molar-refractivity contribution in [3.8, 4) is 5.75 Å². The van der Waals surface area contributed by atoms with Crippen LogP contribution in [0.25, 0.3) is 0 Å². The Morgan fingerprint density at radius 2 is 1.45 bits per heavy atom. The smallest absolute Gasteiger partial charge is 0.233 e. The van der Waals surface area contributed by atoms with Crippen LogP contribution in [-0.2, 0) is 20.9 Å². The maximum atomic E-state index is 13.5. The molecular weight excluding hydrogens is 693 g/mol. The molecule has 4 rings (SSSR count). The molecule has 15 heteroatoms. The number of hydrogen-bond acceptors (Lipinski definition) is 11. The Morgan fingerprint density at radius 3 is 2.04 bits per heavy atom. The Bertz CT molecular complexity index is 1660. The first-order valence-corrected chi connectivity index (χ1v) is 17.2. The van der Waals surface area contributed by atoms with Gasteiger partial charge in [-0.3, -0.25) is 14.4 Å². The third-order valence-electron chi connectivity index (χ3n) is 9.30. The third-order valence-corrected chi connectivity index (χ3v) is 9.30. The summed E-state index contributed by atoms with van der Waals surface area (Å²) in [5.74, 6) is -1.57. The van der Waals surface area contributed by atoms with Crippen molar-refractivity contribution in [1.82, 2.24) is 10.6 Å². The van der Waals surface area contributed by atoms with E-state index in [4.69, 9.17) is 9.84 Å². The molecule has 1 unspecified atom stereocenters. The largest absolute Gasteiger partial charge is 0.497 e. The van der Waals surface area contributed by atoms with Crippen LogP contribution >= 0.6 is 0 Å². The molecule has 0 aliphatic carbocycles. The second kappa shape index (κ2) is 18.5. The van der Waals surface area contributed by atoms with Crippen molar-refractivity contribution in [2.24, 2.45) is 5.92 Å². The van der Waals surface area contributed by atoms with E-state index >= 15 is 0 Å². The van der Waals surface area contributed by atoms with Gasteiger partial charge in [-0.2, -0.15) is 0 Å². The summed E-state index contributed by atoms with van der Waals surface area (Å²) in [5, 5.41) is 74.2. The molecule has 1 aliphatic rings. The molecule has 0 radical (unpaired) electrons. The SMILES string of the molecule is COc1ccc([C@@H]2[C@@H](CC[C@H](O)c3ccc(F)cc3)C(=O)N2c2ccc(CNC(=O)CC(C)(O)CC(=O)NC[C@H](O)[C@@H](O)[C@H](O)[C@H](O)CO)cc2)cc1. The van der Waals surface area contributed by atoms with Gasteiger partial charge in [-0.25, -0.2) is 4.39 Å². The number of aliphatic hydroxyl groups is 7. The van der Waals surface area contributed by atoms with Crippen molar-refractivity contribution in [1.29, 1.82) is 0 Å². The minimum absolute atomic E-state index is 0.0905. The fraction of sp³-hybridized carbons (Fsp3) is 0.447. The van der Waals surface area contributed by atoms with Gasteiger partial charge in [0.05, 0.1) is 56.3 Å². The van der Waals surface area contributed by atoms with Gasteiger partial charge in [0.2, 0.25) is 17.7 Å². The second-order valence-electron chi connectivity index (χ2n) is 13.6. The zero-order chi connectivity index (χ0) is 38.9. The molecule has 1 fully saturated rings. The molecule has 1 aliphatic heterocycles. The molecule has 0 spiro atoms. The van der Waals surface area contributed by atoms with E-state index in [1.54, 1.807) is 36.3 Å². The van der Waals surface area contributed by atoms with Gasteiger partial charge in [0.25, 0.3) is 0 Å². The fourth-order valence-electron chi connectivity index (χ4n) is 6.25. The summed E-state index contributed by atoms with van der Waals surface area (Å²) >= 11 is 0. The van der Waals surface area contributed by atoms with E-state index in [0.29, 0.717) is 35.4 Å². The van der Waals surface area contributed by atoms with Crippen LogP contribution in [0, 0.1) is 11.7 Å². The van der Waals surface area contributed by atoms with E-state index < -0.39 is 85.7 Å². The van der Waals surface area contributed by atoms with E-state index in [1.165, 1.54) is 31.2 Å². The number of hydrogen-bond donors (Lipinski definition) is 9. The average Bonchev–Trinajstić information content (AvgIpc) is 3.14. The zero-order valence-electron chi connectivity index (χ0n) is 29.5. The van der Waals surface area contributed by atoms with Crippen molar-refractivity contribution in [3.63, 3.8) is 0 Å². The highest BCUT2D eigenvalue weighted by molar-refractivity contribution is 6.03. The van der Waals surface area contributed by atoms with Gasteiger partial charge in [-0.15, -0.1) is 0 Å². The maximum Gasteiger partial charge on any atom is 0.233 e. The molecule has 288 valence electrons. The second-order valence-corrected chi connectivity index (χ2v) is 13.6. The molecule has 0 saturated carbocycles. The highest BCUT2D eigenvalue weighted by Gasteiger charge is 2.48. The Labute approximate surface area is 306 Å². The van der Waals surface area contributed by atoms with Crippen LogP contribution in [0.15, 0.2) is 72.8 Å². The molecule has 0 bridgehead atoms. The first-order chi connectivity index (χ1) is 25.1. The van der Waals surface area contributed by atoms with Crippen LogP contribution in [-0.4, -0.2) is 104 Å². The summed E-state index contributed by atoms with van der Waals surface area (Å²) in [6, 6.07) is 19.7. The number of amides is 3. The zero-order valence-corrected chi connectivity index (χ0v) is 29.5. The lowest BCUT2D eigenvalue weighted by Crippen LogP contribution is -2.55. The lowest BCUT2D eigenvalue weighted by atomic mass is 9.78. The van der Waals surface area contributed by atoms with Crippen molar-refractivity contribution >= 4 is 23.4 Å². The predicted molar refractivity (Wildman–Crippen MR) is 190 cm³/mol. The predicted octanol–water partition coefficient (Wildman–Crippen LogP) is 0.752. The number of nitrogens with zero attached hydrogens (tertiary/aromatic N) is 1. The van der Waals surface area contributed by atoms with Gasteiger partial charge < -0.3 is 56.0 Å². The van der Waals surface area contributed by atoms with Crippen LogP contribution in [0.4, 0.5) is 10.1 Å². The molecule has 9 N–H and O–H groups in total. The summed E-state index contributed by atoms with van der Waals surface area (Å²) in [6.45, 7) is -0.00518. The molecule has 0 aromatic heterocycles. The summed E-state index contributed by atoms with van der Waals surface area (Å²) in [4.78, 5) is 40.2. The number of ether oxygens (including phenoxy) is 1. The van der Waals surface area contributed by atoms with E-state index in [2.05, 4.69) is 10.6 Å². The Morgan fingerprint density at radius 1 is 0.868 bits per heavy atom. The van der Waals surface area contributed by atoms with Gasteiger partial charge in [0.15, 0.2) is 0 Å². The topological polar surface area (TPSA) is 229 Å². The number of methoxy groups -OCH3 is 1. The summed E-state index contributed by atoms with van der Waals surface area (Å²) in [5.41, 5.74) is 1.01. The standard InChI is InChI=1S/C38H48FN3O11/c1-38(52,18-33(48)41-20-30(45)35(49)36(50)31(46)21-43)17-32(47)40-19-22-3-11-26(12-4-22)42-34(24-7-13-27(53-2)14-8-24)28(37(42)51)15-16-29(44)23-5-9-25(39)10-6-23/h3-14,28-31,34-36,43-46,49-50,52H,15-21H2,1-2H3,(H,40,47)(H,41,48)/t28-,29+,30+,31-,34-,35-,36-,38?/m1/s1. The number of aliphatic hydroxyl groups excluding tert-OH is 6. The lowest BCUT2D eigenvalue weighted by molar-refractivity contribution is -0.133. The first-order valence-electron chi connectivity index (χ1n) is 17.2. The number of anilines is 1. The summed E-state index contributed by atoms with van der Waals surface area (Å²) in [6.07, 6.45) is -8.23. The molecule has 8 atom stereocenters. The van der Waals surface area contributed by atoms with E-state index in [0.717, 1.165) is 5.56 Å². The number of benzene rings is 3. The molecule has 3 aromatic rings. The van der Waals surface area contributed by atoms with Gasteiger partial charge >= 0.3 is 0 Å². The molecule has 1 heterocycles. The van der Waals surface area contributed by atoms with E-state index in [9.17, 15) is 49.4 Å².